The molecule has 0 spiro atoms. The fourth-order valence-electron chi connectivity index (χ4n) is 6.32. The summed E-state index contributed by atoms with van der Waals surface area (Å²) >= 11 is 12.4. The summed E-state index contributed by atoms with van der Waals surface area (Å²) in [6.45, 7) is 3.90. The number of nitrogens with zero attached hydrogens (tertiary/aromatic N) is 1. The largest absolute Gasteiger partial charge is 0.493 e. The molecule has 6 rings (SSSR count). The molecule has 0 saturated carbocycles. The number of alkyl halides is 3. The normalized spacial score (nSPS) is 21.1. The van der Waals surface area contributed by atoms with Crippen LogP contribution in [0.15, 0.2) is 91.0 Å². The van der Waals surface area contributed by atoms with Crippen LogP contribution in [-0.2, 0) is 23.2 Å². The smallest absolute Gasteiger partial charge is 0.416 e. The summed E-state index contributed by atoms with van der Waals surface area (Å²) in [5.74, 6) is -0.419. The maximum absolute atomic E-state index is 14.9. The van der Waals surface area contributed by atoms with Crippen LogP contribution >= 0.6 is 35.6 Å². The first-order valence-electron chi connectivity index (χ1n) is 15.5. The molecule has 2 atom stereocenters. The first-order valence-corrected chi connectivity index (χ1v) is 16.3. The number of ether oxygens (including phenoxy) is 1. The van der Waals surface area contributed by atoms with Gasteiger partial charge in [-0.1, -0.05) is 71.7 Å². The van der Waals surface area contributed by atoms with E-state index in [-0.39, 0.29) is 48.3 Å². The van der Waals surface area contributed by atoms with Gasteiger partial charge in [0.05, 0.1) is 30.8 Å². The van der Waals surface area contributed by atoms with E-state index in [1.165, 1.54) is 6.07 Å². The van der Waals surface area contributed by atoms with Crippen molar-refractivity contribution in [2.45, 2.75) is 37.4 Å². The average Bonchev–Trinajstić information content (AvgIpc) is 3.47. The second kappa shape index (κ2) is 15.1. The van der Waals surface area contributed by atoms with E-state index in [9.17, 15) is 22.8 Å². The van der Waals surface area contributed by atoms with Crippen LogP contribution in [0.25, 0.3) is 0 Å². The van der Waals surface area contributed by atoms with E-state index in [1.807, 2.05) is 29.2 Å². The predicted octanol–water partition coefficient (Wildman–Crippen LogP) is 7.48. The van der Waals surface area contributed by atoms with Gasteiger partial charge in [0, 0.05) is 40.8 Å². The summed E-state index contributed by atoms with van der Waals surface area (Å²) in [4.78, 5) is 28.8. The van der Waals surface area contributed by atoms with Crippen molar-refractivity contribution in [2.24, 2.45) is 0 Å². The summed E-state index contributed by atoms with van der Waals surface area (Å²) in [5, 5.41) is 10.7. The summed E-state index contributed by atoms with van der Waals surface area (Å²) < 4.78 is 48.5. The van der Waals surface area contributed by atoms with Gasteiger partial charge in [-0.3, -0.25) is 25.1 Å². The van der Waals surface area contributed by atoms with Crippen LogP contribution in [0.1, 0.15) is 57.2 Å². The fraction of sp³-hybridized carbons (Fsp3) is 0.278. The maximum atomic E-state index is 14.9. The number of hydrogen-bond donors (Lipinski definition) is 3. The van der Waals surface area contributed by atoms with Gasteiger partial charge in [0.2, 0.25) is 11.7 Å². The molecule has 2 heterocycles. The highest BCUT2D eigenvalue weighted by molar-refractivity contribution is 6.30. The van der Waals surface area contributed by atoms with Gasteiger partial charge in [-0.25, -0.2) is 0 Å². The van der Waals surface area contributed by atoms with E-state index in [1.54, 1.807) is 55.5 Å². The van der Waals surface area contributed by atoms with Crippen molar-refractivity contribution in [3.8, 4) is 5.75 Å². The van der Waals surface area contributed by atoms with Crippen molar-refractivity contribution in [3.63, 3.8) is 0 Å². The van der Waals surface area contributed by atoms with Crippen LogP contribution in [-0.4, -0.2) is 42.8 Å². The molecule has 2 aliphatic rings. The van der Waals surface area contributed by atoms with E-state index >= 15 is 0 Å². The summed E-state index contributed by atoms with van der Waals surface area (Å²) in [6.07, 6.45) is -4.68. The molecule has 4 aromatic rings. The Morgan fingerprint density at radius 1 is 0.898 bits per heavy atom. The highest BCUT2D eigenvalue weighted by atomic mass is 35.5. The van der Waals surface area contributed by atoms with Crippen LogP contribution in [0.2, 0.25) is 10.0 Å². The van der Waals surface area contributed by atoms with E-state index in [4.69, 9.17) is 27.9 Å². The van der Waals surface area contributed by atoms with Crippen molar-refractivity contribution in [1.82, 2.24) is 20.9 Å². The number of halogens is 6. The Bertz CT molecular complexity index is 1740. The van der Waals surface area contributed by atoms with Crippen LogP contribution in [0.3, 0.4) is 0 Å². The lowest BCUT2D eigenvalue weighted by atomic mass is 9.88. The van der Waals surface area contributed by atoms with Crippen LogP contribution in [0.5, 0.6) is 5.75 Å². The molecule has 2 unspecified atom stereocenters. The number of amides is 1. The van der Waals surface area contributed by atoms with Crippen LogP contribution in [0, 0.1) is 0 Å². The molecule has 13 heteroatoms. The SMILES string of the molecule is CCOc1ccc(C(F)(F)F)cc1C1(C(=O)c2ccc(CN3CCNC(=O)C3)cc2)NC(c2ccc(Cl)cc2)C(c2ccc(Cl)cc2)N1.Cl. The molecule has 7 nitrogen and oxygen atoms in total. The van der Waals surface area contributed by atoms with Gasteiger partial charge in [-0.15, -0.1) is 12.4 Å². The topological polar surface area (TPSA) is 82.7 Å². The Kier molecular flexibility index (Phi) is 11.3. The van der Waals surface area contributed by atoms with Crippen molar-refractivity contribution >= 4 is 47.3 Å². The minimum atomic E-state index is -4.68. The van der Waals surface area contributed by atoms with Crippen LogP contribution in [0.4, 0.5) is 13.2 Å². The first kappa shape index (κ1) is 36.6. The molecule has 0 bridgehead atoms. The average molecular weight is 734 g/mol. The lowest BCUT2D eigenvalue weighted by molar-refractivity contribution is -0.137. The Morgan fingerprint density at radius 2 is 1.47 bits per heavy atom. The zero-order chi connectivity index (χ0) is 34.1. The third-order valence-corrected chi connectivity index (χ3v) is 9.13. The zero-order valence-corrected chi connectivity index (χ0v) is 28.6. The van der Waals surface area contributed by atoms with Gasteiger partial charge in [0.15, 0.2) is 5.66 Å². The number of benzene rings is 4. The number of Topliss-reactive ketones (excluding diaryl/α,β-unsaturated/α-hetero) is 1. The Morgan fingerprint density at radius 3 is 1.98 bits per heavy atom. The number of hydrogen-bond acceptors (Lipinski definition) is 6. The van der Waals surface area contributed by atoms with Gasteiger partial charge in [0.1, 0.15) is 5.75 Å². The van der Waals surface area contributed by atoms with Gasteiger partial charge in [0.25, 0.3) is 0 Å². The van der Waals surface area contributed by atoms with E-state index in [2.05, 4.69) is 16.0 Å². The number of carbonyl (C=O) groups excluding carboxylic acids is 2. The lowest BCUT2D eigenvalue weighted by Gasteiger charge is -2.32. The molecule has 2 fully saturated rings. The van der Waals surface area contributed by atoms with E-state index < -0.39 is 35.3 Å². The molecular formula is C36H34Cl3F3N4O3. The molecular weight excluding hydrogens is 700 g/mol. The number of rotatable bonds is 9. The van der Waals surface area contributed by atoms with E-state index in [0.717, 1.165) is 28.8 Å². The zero-order valence-electron chi connectivity index (χ0n) is 26.3. The number of piperazine rings is 1. The molecule has 3 N–H and O–H groups in total. The third kappa shape index (κ3) is 7.90. The highest BCUT2D eigenvalue weighted by Gasteiger charge is 2.53. The second-order valence-electron chi connectivity index (χ2n) is 11.8. The van der Waals surface area contributed by atoms with Gasteiger partial charge >= 0.3 is 6.18 Å². The summed E-state index contributed by atoms with van der Waals surface area (Å²) in [6, 6.07) is 23.1. The molecule has 2 saturated heterocycles. The maximum Gasteiger partial charge on any atom is 0.416 e. The molecule has 2 aliphatic heterocycles. The van der Waals surface area contributed by atoms with Crippen molar-refractivity contribution < 1.29 is 27.5 Å². The molecule has 0 radical (unpaired) electrons. The second-order valence-corrected chi connectivity index (χ2v) is 12.7. The highest BCUT2D eigenvalue weighted by Crippen LogP contribution is 2.46. The lowest BCUT2D eigenvalue weighted by Crippen LogP contribution is -2.53. The van der Waals surface area contributed by atoms with E-state index in [0.29, 0.717) is 29.7 Å². The van der Waals surface area contributed by atoms with Gasteiger partial charge in [-0.05, 0) is 66.1 Å². The molecule has 49 heavy (non-hydrogen) atoms. The first-order chi connectivity index (χ1) is 23.0. The Labute approximate surface area is 298 Å². The summed E-state index contributed by atoms with van der Waals surface area (Å²) in [5.41, 5.74) is -0.123. The van der Waals surface area contributed by atoms with Crippen LogP contribution < -0.4 is 20.7 Å². The molecule has 0 aliphatic carbocycles. The molecule has 4 aromatic carbocycles. The molecule has 1 amide bonds. The monoisotopic (exact) mass is 732 g/mol. The van der Waals surface area contributed by atoms with Gasteiger partial charge in [-0.2, -0.15) is 13.2 Å². The fourth-order valence-corrected chi connectivity index (χ4v) is 6.57. The minimum absolute atomic E-state index is 0. The minimum Gasteiger partial charge on any atom is -0.493 e. The van der Waals surface area contributed by atoms with Crippen molar-refractivity contribution in [1.29, 1.82) is 0 Å². The number of carbonyl (C=O) groups is 2. The number of nitrogens with one attached hydrogen (secondary N) is 3. The standard InChI is InChI=1S/C36H33Cl2F3N4O3.ClH/c1-2-48-30-16-11-26(36(39,40)41)19-29(30)35(34(47)25-5-3-22(4-6-25)20-45-18-17-42-31(46)21-45)43-32(23-7-12-27(37)13-8-23)33(44-35)24-9-14-28(38)15-10-24;/h3-16,19,32-33,43-44H,2,17-18,20-21H2,1H3,(H,42,46);1H. The van der Waals surface area contributed by atoms with Crippen molar-refractivity contribution in [3.05, 3.63) is 134 Å². The molecule has 258 valence electrons. The van der Waals surface area contributed by atoms with Crippen molar-refractivity contribution in [2.75, 3.05) is 26.2 Å². The predicted molar refractivity (Wildman–Crippen MR) is 185 cm³/mol. The Hall–Kier alpha value is -3.64. The summed E-state index contributed by atoms with van der Waals surface area (Å²) in [7, 11) is 0. The van der Waals surface area contributed by atoms with Gasteiger partial charge < -0.3 is 10.1 Å². The quantitative estimate of drug-likeness (QED) is 0.155. The third-order valence-electron chi connectivity index (χ3n) is 8.63. The Balaban J connectivity index is 0.00000468. The molecule has 0 aromatic heterocycles. The number of ketones is 1.